The number of amides is 1. The maximum absolute atomic E-state index is 12.8. The molecule has 2 rings (SSSR count). The fourth-order valence-electron chi connectivity index (χ4n) is 3.26. The highest BCUT2D eigenvalue weighted by molar-refractivity contribution is 5.78. The van der Waals surface area contributed by atoms with Crippen LogP contribution in [0.1, 0.15) is 65.2 Å². The van der Waals surface area contributed by atoms with E-state index in [2.05, 4.69) is 29.1 Å². The Balaban J connectivity index is 1.75. The summed E-state index contributed by atoms with van der Waals surface area (Å²) in [5, 5.41) is 3.21. The summed E-state index contributed by atoms with van der Waals surface area (Å²) in [6, 6.07) is 0.442. The molecule has 1 amide bonds. The molecule has 24 heavy (non-hydrogen) atoms. The second-order valence-electron chi connectivity index (χ2n) is 6.56. The summed E-state index contributed by atoms with van der Waals surface area (Å²) < 4.78 is 18.5. The van der Waals surface area contributed by atoms with Gasteiger partial charge in [-0.2, -0.15) is 0 Å². The molecule has 0 saturated heterocycles. The molecule has 0 spiro atoms. The van der Waals surface area contributed by atoms with E-state index in [4.69, 9.17) is 4.74 Å². The van der Waals surface area contributed by atoms with Crippen molar-refractivity contribution < 1.29 is 13.9 Å². The molecule has 1 aliphatic carbocycles. The summed E-state index contributed by atoms with van der Waals surface area (Å²) in [7, 11) is 0. The van der Waals surface area contributed by atoms with E-state index in [0.717, 1.165) is 63.8 Å². The number of ether oxygens (including phenoxy) is 1. The van der Waals surface area contributed by atoms with Gasteiger partial charge in [0.25, 0.3) is 0 Å². The molecule has 1 aliphatic rings. The van der Waals surface area contributed by atoms with Crippen molar-refractivity contribution in [3.8, 4) is 6.01 Å². The lowest BCUT2D eigenvalue weighted by molar-refractivity contribution is -0.126. The van der Waals surface area contributed by atoms with E-state index in [0.29, 0.717) is 0 Å². The van der Waals surface area contributed by atoms with Crippen LogP contribution < -0.4 is 10.1 Å². The molecule has 1 aromatic heterocycles. The molecule has 0 bridgehead atoms. The average Bonchev–Trinajstić information content (AvgIpc) is 2.58. The van der Waals surface area contributed by atoms with Gasteiger partial charge in [0.2, 0.25) is 5.91 Å². The van der Waals surface area contributed by atoms with Gasteiger partial charge in [-0.15, -0.1) is 0 Å². The highest BCUT2D eigenvalue weighted by Crippen LogP contribution is 2.23. The van der Waals surface area contributed by atoms with Crippen molar-refractivity contribution in [2.75, 3.05) is 0 Å². The van der Waals surface area contributed by atoms with Crippen LogP contribution in [-0.2, 0) is 4.79 Å². The van der Waals surface area contributed by atoms with Crippen molar-refractivity contribution in [1.29, 1.82) is 0 Å². The molecule has 0 atom stereocenters. The Morgan fingerprint density at radius 2 is 1.79 bits per heavy atom. The van der Waals surface area contributed by atoms with Crippen molar-refractivity contribution in [1.82, 2.24) is 15.3 Å². The minimum atomic E-state index is -0.470. The zero-order valence-corrected chi connectivity index (χ0v) is 14.6. The van der Waals surface area contributed by atoms with Gasteiger partial charge >= 0.3 is 6.01 Å². The van der Waals surface area contributed by atoms with Crippen molar-refractivity contribution in [3.05, 3.63) is 18.2 Å². The van der Waals surface area contributed by atoms with Crippen LogP contribution in [0.25, 0.3) is 0 Å². The molecule has 6 heteroatoms. The SMILES string of the molecule is CCCC(CCC)C(=O)NC1CCC(Oc2ncc(F)cn2)CC1. The number of nitrogens with zero attached hydrogens (tertiary/aromatic N) is 2. The lowest BCUT2D eigenvalue weighted by Gasteiger charge is -2.30. The van der Waals surface area contributed by atoms with E-state index < -0.39 is 5.82 Å². The van der Waals surface area contributed by atoms with Crippen molar-refractivity contribution in [2.45, 2.75) is 77.4 Å². The zero-order valence-electron chi connectivity index (χ0n) is 14.6. The molecule has 1 saturated carbocycles. The summed E-state index contributed by atoms with van der Waals surface area (Å²) >= 11 is 0. The van der Waals surface area contributed by atoms with Crippen LogP contribution >= 0.6 is 0 Å². The Labute approximate surface area is 143 Å². The molecule has 0 unspecified atom stereocenters. The second-order valence-corrected chi connectivity index (χ2v) is 6.56. The Morgan fingerprint density at radius 1 is 1.21 bits per heavy atom. The second kappa shape index (κ2) is 9.55. The summed E-state index contributed by atoms with van der Waals surface area (Å²) in [5.74, 6) is -0.131. The van der Waals surface area contributed by atoms with Gasteiger partial charge in [0.15, 0.2) is 5.82 Å². The third-order valence-corrected chi connectivity index (χ3v) is 4.53. The van der Waals surface area contributed by atoms with E-state index in [1.54, 1.807) is 0 Å². The Morgan fingerprint density at radius 3 is 2.33 bits per heavy atom. The van der Waals surface area contributed by atoms with Crippen LogP contribution in [0.5, 0.6) is 6.01 Å². The normalized spacial score (nSPS) is 20.8. The highest BCUT2D eigenvalue weighted by Gasteiger charge is 2.26. The average molecular weight is 337 g/mol. The molecule has 1 fully saturated rings. The van der Waals surface area contributed by atoms with Crippen LogP contribution in [0, 0.1) is 11.7 Å². The summed E-state index contributed by atoms with van der Waals surface area (Å²) in [4.78, 5) is 20.0. The van der Waals surface area contributed by atoms with Gasteiger partial charge in [-0.3, -0.25) is 4.79 Å². The standard InChI is InChI=1S/C18H28FN3O2/c1-3-5-13(6-4-2)17(23)22-15-7-9-16(10-8-15)24-18-20-11-14(19)12-21-18/h11-13,15-16H,3-10H2,1-2H3,(H,22,23). The largest absolute Gasteiger partial charge is 0.460 e. The minimum Gasteiger partial charge on any atom is -0.460 e. The predicted octanol–water partition coefficient (Wildman–Crippen LogP) is 3.64. The van der Waals surface area contributed by atoms with Crippen molar-refractivity contribution >= 4 is 5.91 Å². The van der Waals surface area contributed by atoms with Gasteiger partial charge in [0.1, 0.15) is 6.10 Å². The number of halogens is 1. The number of aromatic nitrogens is 2. The van der Waals surface area contributed by atoms with Gasteiger partial charge in [0.05, 0.1) is 12.4 Å². The summed E-state index contributed by atoms with van der Waals surface area (Å²) in [6.07, 6.45) is 9.71. The Hall–Kier alpha value is -1.72. The summed E-state index contributed by atoms with van der Waals surface area (Å²) in [5.41, 5.74) is 0. The molecular formula is C18H28FN3O2. The molecule has 1 heterocycles. The first-order chi connectivity index (χ1) is 11.6. The molecule has 134 valence electrons. The number of carbonyl (C=O) groups is 1. The molecular weight excluding hydrogens is 309 g/mol. The van der Waals surface area contributed by atoms with Crippen molar-refractivity contribution in [3.63, 3.8) is 0 Å². The van der Waals surface area contributed by atoms with Crippen molar-refractivity contribution in [2.24, 2.45) is 5.92 Å². The molecule has 0 aliphatic heterocycles. The van der Waals surface area contributed by atoms with Crippen LogP contribution in [0.2, 0.25) is 0 Å². The Kier molecular flexibility index (Phi) is 7.40. The number of hydrogen-bond acceptors (Lipinski definition) is 4. The van der Waals surface area contributed by atoms with Crippen LogP contribution in [0.15, 0.2) is 12.4 Å². The molecule has 0 radical (unpaired) electrons. The van der Waals surface area contributed by atoms with E-state index in [-0.39, 0.29) is 30.0 Å². The number of nitrogens with one attached hydrogen (secondary N) is 1. The number of rotatable bonds is 8. The van der Waals surface area contributed by atoms with E-state index in [1.807, 2.05) is 0 Å². The lowest BCUT2D eigenvalue weighted by atomic mass is 9.91. The predicted molar refractivity (Wildman–Crippen MR) is 90.1 cm³/mol. The summed E-state index contributed by atoms with van der Waals surface area (Å²) in [6.45, 7) is 4.24. The van der Waals surface area contributed by atoms with E-state index in [1.165, 1.54) is 0 Å². The van der Waals surface area contributed by atoms with Gasteiger partial charge in [-0.05, 0) is 38.5 Å². The van der Waals surface area contributed by atoms with Gasteiger partial charge in [-0.1, -0.05) is 26.7 Å². The minimum absolute atomic E-state index is 0.0330. The fraction of sp³-hybridized carbons (Fsp3) is 0.722. The van der Waals surface area contributed by atoms with E-state index >= 15 is 0 Å². The molecule has 1 N–H and O–H groups in total. The Bertz CT molecular complexity index is 495. The maximum Gasteiger partial charge on any atom is 0.316 e. The smallest absolute Gasteiger partial charge is 0.316 e. The number of carbonyl (C=O) groups excluding carboxylic acids is 1. The third kappa shape index (κ3) is 5.73. The van der Waals surface area contributed by atoms with Crippen LogP contribution in [-0.4, -0.2) is 28.0 Å². The maximum atomic E-state index is 12.8. The van der Waals surface area contributed by atoms with E-state index in [9.17, 15) is 9.18 Å². The van der Waals surface area contributed by atoms with Crippen LogP contribution in [0.4, 0.5) is 4.39 Å². The first-order valence-electron chi connectivity index (χ1n) is 9.06. The fourth-order valence-corrected chi connectivity index (χ4v) is 3.26. The van der Waals surface area contributed by atoms with Gasteiger partial charge in [-0.25, -0.2) is 14.4 Å². The van der Waals surface area contributed by atoms with Gasteiger partial charge in [0, 0.05) is 12.0 Å². The molecule has 0 aromatic carbocycles. The lowest BCUT2D eigenvalue weighted by Crippen LogP contribution is -2.42. The quantitative estimate of drug-likeness (QED) is 0.786. The first kappa shape index (κ1) is 18.6. The monoisotopic (exact) mass is 337 g/mol. The number of hydrogen-bond donors (Lipinski definition) is 1. The molecule has 5 nitrogen and oxygen atoms in total. The molecule has 1 aromatic rings. The highest BCUT2D eigenvalue weighted by atomic mass is 19.1. The van der Waals surface area contributed by atoms with Crippen LogP contribution in [0.3, 0.4) is 0 Å². The van der Waals surface area contributed by atoms with Gasteiger partial charge < -0.3 is 10.1 Å². The third-order valence-electron chi connectivity index (χ3n) is 4.53. The first-order valence-corrected chi connectivity index (χ1v) is 9.06. The zero-order chi connectivity index (χ0) is 17.4. The topological polar surface area (TPSA) is 64.1 Å².